The van der Waals surface area contributed by atoms with Crippen molar-refractivity contribution in [2.75, 3.05) is 13.2 Å². The minimum Gasteiger partial charge on any atom is -0.488 e. The van der Waals surface area contributed by atoms with E-state index in [0.717, 1.165) is 19.4 Å². The predicted octanol–water partition coefficient (Wildman–Crippen LogP) is 3.08. The number of ether oxygens (including phenoxy) is 2. The van der Waals surface area contributed by atoms with Crippen molar-refractivity contribution in [3.05, 3.63) is 29.6 Å². The predicted molar refractivity (Wildman–Crippen MR) is 60.2 cm³/mol. The zero-order chi connectivity index (χ0) is 11.4. The monoisotopic (exact) mass is 224 g/mol. The lowest BCUT2D eigenvalue weighted by molar-refractivity contribution is -0.0117. The highest BCUT2D eigenvalue weighted by Crippen LogP contribution is 2.21. The normalized spacial score (nSPS) is 20.8. The first-order valence-electron chi connectivity index (χ1n) is 5.77. The molecule has 0 N–H and O–H groups in total. The van der Waals surface area contributed by atoms with Crippen LogP contribution in [0.4, 0.5) is 4.39 Å². The fourth-order valence-electron chi connectivity index (χ4n) is 1.85. The molecule has 1 heterocycles. The van der Waals surface area contributed by atoms with Crippen LogP contribution in [0.2, 0.25) is 0 Å². The highest BCUT2D eigenvalue weighted by Gasteiger charge is 2.15. The smallest absolute Gasteiger partial charge is 0.167 e. The maximum absolute atomic E-state index is 13.6. The van der Waals surface area contributed by atoms with Gasteiger partial charge in [0, 0.05) is 6.61 Å². The van der Waals surface area contributed by atoms with Gasteiger partial charge in [0.05, 0.1) is 6.10 Å². The fourth-order valence-corrected chi connectivity index (χ4v) is 1.85. The molecule has 0 bridgehead atoms. The maximum Gasteiger partial charge on any atom is 0.167 e. The summed E-state index contributed by atoms with van der Waals surface area (Å²) in [6, 6.07) is 5.19. The van der Waals surface area contributed by atoms with Crippen molar-refractivity contribution >= 4 is 0 Å². The van der Waals surface area contributed by atoms with Crippen LogP contribution in [0, 0.1) is 12.7 Å². The summed E-state index contributed by atoms with van der Waals surface area (Å²) in [5.41, 5.74) is 0.613. The van der Waals surface area contributed by atoms with Gasteiger partial charge in [0.1, 0.15) is 6.61 Å². The van der Waals surface area contributed by atoms with Crippen molar-refractivity contribution in [1.82, 2.24) is 0 Å². The highest BCUT2D eigenvalue weighted by molar-refractivity contribution is 5.30. The largest absolute Gasteiger partial charge is 0.488 e. The van der Waals surface area contributed by atoms with E-state index in [9.17, 15) is 4.39 Å². The van der Waals surface area contributed by atoms with Crippen LogP contribution in [0.15, 0.2) is 18.2 Å². The number of halogens is 1. The topological polar surface area (TPSA) is 18.5 Å². The van der Waals surface area contributed by atoms with Gasteiger partial charge in [-0.25, -0.2) is 4.39 Å². The maximum atomic E-state index is 13.6. The Bertz CT molecular complexity index is 346. The molecule has 88 valence electrons. The summed E-state index contributed by atoms with van der Waals surface area (Å²) in [6.45, 7) is 2.98. The molecule has 1 aliphatic heterocycles. The third-order valence-corrected chi connectivity index (χ3v) is 2.86. The van der Waals surface area contributed by atoms with E-state index in [1.54, 1.807) is 25.1 Å². The van der Waals surface area contributed by atoms with Crippen LogP contribution in [-0.4, -0.2) is 19.3 Å². The van der Waals surface area contributed by atoms with Gasteiger partial charge in [-0.3, -0.25) is 0 Å². The van der Waals surface area contributed by atoms with Crippen LogP contribution in [0.3, 0.4) is 0 Å². The molecule has 0 amide bonds. The van der Waals surface area contributed by atoms with Crippen molar-refractivity contribution in [3.8, 4) is 5.75 Å². The average molecular weight is 224 g/mol. The van der Waals surface area contributed by atoms with Crippen LogP contribution in [-0.2, 0) is 4.74 Å². The number of benzene rings is 1. The third-order valence-electron chi connectivity index (χ3n) is 2.86. The third kappa shape index (κ3) is 2.73. The molecule has 1 unspecified atom stereocenters. The highest BCUT2D eigenvalue weighted by atomic mass is 19.1. The van der Waals surface area contributed by atoms with Crippen molar-refractivity contribution < 1.29 is 13.9 Å². The molecular formula is C13H17FO2. The lowest BCUT2D eigenvalue weighted by atomic mass is 10.1. The van der Waals surface area contributed by atoms with Crippen LogP contribution in [0.25, 0.3) is 0 Å². The Morgan fingerprint density at radius 1 is 1.44 bits per heavy atom. The molecule has 1 aromatic rings. The van der Waals surface area contributed by atoms with E-state index in [2.05, 4.69) is 0 Å². The average Bonchev–Trinajstić information content (AvgIpc) is 2.32. The Hall–Kier alpha value is -1.09. The van der Waals surface area contributed by atoms with Gasteiger partial charge in [-0.1, -0.05) is 12.1 Å². The molecule has 0 spiro atoms. The lowest BCUT2D eigenvalue weighted by Crippen LogP contribution is -2.26. The summed E-state index contributed by atoms with van der Waals surface area (Å²) in [7, 11) is 0. The fraction of sp³-hybridized carbons (Fsp3) is 0.538. The molecule has 1 fully saturated rings. The summed E-state index contributed by atoms with van der Waals surface area (Å²) < 4.78 is 24.6. The minimum absolute atomic E-state index is 0.119. The molecule has 0 aromatic heterocycles. The molecule has 1 aromatic carbocycles. The lowest BCUT2D eigenvalue weighted by Gasteiger charge is -2.22. The van der Waals surface area contributed by atoms with Gasteiger partial charge in [0.2, 0.25) is 0 Å². The Morgan fingerprint density at radius 3 is 3.06 bits per heavy atom. The number of hydrogen-bond donors (Lipinski definition) is 0. The Labute approximate surface area is 95.4 Å². The van der Waals surface area contributed by atoms with Crippen LogP contribution >= 0.6 is 0 Å². The van der Waals surface area contributed by atoms with E-state index < -0.39 is 0 Å². The first-order chi connectivity index (χ1) is 7.77. The number of aryl methyl sites for hydroxylation is 1. The summed E-state index contributed by atoms with van der Waals surface area (Å²) in [5, 5.41) is 0. The first-order valence-corrected chi connectivity index (χ1v) is 5.77. The summed E-state index contributed by atoms with van der Waals surface area (Å²) in [4.78, 5) is 0. The van der Waals surface area contributed by atoms with Crippen molar-refractivity contribution in [2.45, 2.75) is 32.3 Å². The van der Waals surface area contributed by atoms with Crippen LogP contribution < -0.4 is 4.74 Å². The molecular weight excluding hydrogens is 207 g/mol. The number of hydrogen-bond acceptors (Lipinski definition) is 2. The summed E-state index contributed by atoms with van der Waals surface area (Å²) >= 11 is 0. The molecule has 1 atom stereocenters. The first kappa shape index (κ1) is 11.4. The number of rotatable bonds is 3. The van der Waals surface area contributed by atoms with Gasteiger partial charge >= 0.3 is 0 Å². The van der Waals surface area contributed by atoms with E-state index >= 15 is 0 Å². The van der Waals surface area contributed by atoms with Crippen LogP contribution in [0.5, 0.6) is 5.75 Å². The summed E-state index contributed by atoms with van der Waals surface area (Å²) in [6.07, 6.45) is 3.42. The standard InChI is InChI=1S/C13H17FO2/c1-10-5-4-7-12(13(10)14)16-9-11-6-2-3-8-15-11/h4-5,7,11H,2-3,6,8-9H2,1H3. The quantitative estimate of drug-likeness (QED) is 0.785. The SMILES string of the molecule is Cc1cccc(OCC2CCCCO2)c1F. The van der Waals surface area contributed by atoms with E-state index in [4.69, 9.17) is 9.47 Å². The Morgan fingerprint density at radius 2 is 2.31 bits per heavy atom. The second-order valence-corrected chi connectivity index (χ2v) is 4.19. The van der Waals surface area contributed by atoms with Gasteiger partial charge in [-0.15, -0.1) is 0 Å². The molecule has 1 saturated heterocycles. The molecule has 16 heavy (non-hydrogen) atoms. The van der Waals surface area contributed by atoms with Gasteiger partial charge in [0.25, 0.3) is 0 Å². The van der Waals surface area contributed by atoms with Crippen molar-refractivity contribution in [1.29, 1.82) is 0 Å². The zero-order valence-corrected chi connectivity index (χ0v) is 9.54. The van der Waals surface area contributed by atoms with E-state index in [1.807, 2.05) is 0 Å². The van der Waals surface area contributed by atoms with E-state index in [0.29, 0.717) is 17.9 Å². The Balaban J connectivity index is 1.91. The van der Waals surface area contributed by atoms with Gasteiger partial charge in [-0.05, 0) is 37.8 Å². The molecule has 1 aliphatic rings. The Kier molecular flexibility index (Phi) is 3.78. The molecule has 0 aliphatic carbocycles. The zero-order valence-electron chi connectivity index (χ0n) is 9.54. The van der Waals surface area contributed by atoms with E-state index in [-0.39, 0.29) is 11.9 Å². The molecule has 2 rings (SSSR count). The van der Waals surface area contributed by atoms with Gasteiger partial charge < -0.3 is 9.47 Å². The second kappa shape index (κ2) is 5.30. The van der Waals surface area contributed by atoms with E-state index in [1.165, 1.54) is 6.42 Å². The second-order valence-electron chi connectivity index (χ2n) is 4.19. The minimum atomic E-state index is -0.265. The summed E-state index contributed by atoms with van der Waals surface area (Å²) in [5.74, 6) is 0.0625. The van der Waals surface area contributed by atoms with Gasteiger partial charge in [-0.2, -0.15) is 0 Å². The molecule has 0 saturated carbocycles. The van der Waals surface area contributed by atoms with Crippen molar-refractivity contribution in [2.24, 2.45) is 0 Å². The molecule has 0 radical (unpaired) electrons. The van der Waals surface area contributed by atoms with Crippen molar-refractivity contribution in [3.63, 3.8) is 0 Å². The van der Waals surface area contributed by atoms with Crippen LogP contribution in [0.1, 0.15) is 24.8 Å². The van der Waals surface area contributed by atoms with Gasteiger partial charge in [0.15, 0.2) is 11.6 Å². The molecule has 3 heteroatoms. The molecule has 2 nitrogen and oxygen atoms in total.